The molecule has 0 atom stereocenters. The normalized spacial score (nSPS) is 11.2. The number of halogens is 1. The molecule has 1 heterocycles. The SMILES string of the molecule is CCCc1nnc(NC(=O)c2ccc(S(=O)(=O)Nc3ccccc3F)cc2)s1. The second-order valence-corrected chi connectivity index (χ2v) is 8.56. The van der Waals surface area contributed by atoms with Gasteiger partial charge in [0.15, 0.2) is 0 Å². The van der Waals surface area contributed by atoms with Gasteiger partial charge in [-0.05, 0) is 42.8 Å². The van der Waals surface area contributed by atoms with Crippen molar-refractivity contribution >= 4 is 38.1 Å². The molecule has 0 saturated heterocycles. The molecule has 1 aromatic heterocycles. The second kappa shape index (κ2) is 8.44. The number of rotatable bonds is 7. The summed E-state index contributed by atoms with van der Waals surface area (Å²) >= 11 is 1.29. The maximum Gasteiger partial charge on any atom is 0.261 e. The van der Waals surface area contributed by atoms with Gasteiger partial charge in [0.25, 0.3) is 15.9 Å². The quantitative estimate of drug-likeness (QED) is 0.607. The monoisotopic (exact) mass is 420 g/mol. The maximum atomic E-state index is 13.7. The Labute approximate surface area is 165 Å². The Balaban J connectivity index is 1.71. The van der Waals surface area contributed by atoms with Crippen molar-refractivity contribution in [3.05, 3.63) is 64.9 Å². The van der Waals surface area contributed by atoms with E-state index in [2.05, 4.69) is 20.2 Å². The van der Waals surface area contributed by atoms with Crippen LogP contribution in [0.25, 0.3) is 0 Å². The van der Waals surface area contributed by atoms with Crippen molar-refractivity contribution in [2.75, 3.05) is 10.0 Å². The van der Waals surface area contributed by atoms with Gasteiger partial charge in [-0.15, -0.1) is 10.2 Å². The highest BCUT2D eigenvalue weighted by atomic mass is 32.2. The van der Waals surface area contributed by atoms with Crippen LogP contribution in [-0.4, -0.2) is 24.5 Å². The highest BCUT2D eigenvalue weighted by Crippen LogP contribution is 2.20. The van der Waals surface area contributed by atoms with Gasteiger partial charge < -0.3 is 0 Å². The minimum Gasteiger partial charge on any atom is -0.296 e. The van der Waals surface area contributed by atoms with E-state index in [9.17, 15) is 17.6 Å². The molecule has 0 fully saturated rings. The third-order valence-corrected chi connectivity index (χ3v) is 5.98. The van der Waals surface area contributed by atoms with E-state index >= 15 is 0 Å². The number of aromatic nitrogens is 2. The van der Waals surface area contributed by atoms with Gasteiger partial charge in [0.05, 0.1) is 10.6 Å². The van der Waals surface area contributed by atoms with Crippen LogP contribution in [0, 0.1) is 5.82 Å². The Bertz CT molecular complexity index is 1080. The van der Waals surface area contributed by atoms with E-state index < -0.39 is 21.7 Å². The van der Waals surface area contributed by atoms with E-state index in [1.807, 2.05) is 6.92 Å². The van der Waals surface area contributed by atoms with Gasteiger partial charge in [0, 0.05) is 12.0 Å². The zero-order chi connectivity index (χ0) is 20.1. The van der Waals surface area contributed by atoms with Crippen molar-refractivity contribution in [3.8, 4) is 0 Å². The number of hydrogen-bond acceptors (Lipinski definition) is 6. The molecule has 1 amide bonds. The van der Waals surface area contributed by atoms with Crippen LogP contribution in [0.3, 0.4) is 0 Å². The molecule has 0 aliphatic heterocycles. The number of benzene rings is 2. The average Bonchev–Trinajstić information content (AvgIpc) is 3.11. The first-order chi connectivity index (χ1) is 13.4. The number of nitrogens with zero attached hydrogens (tertiary/aromatic N) is 2. The number of hydrogen-bond donors (Lipinski definition) is 2. The van der Waals surface area contributed by atoms with Crippen LogP contribution in [-0.2, 0) is 16.4 Å². The third kappa shape index (κ3) is 4.70. The van der Waals surface area contributed by atoms with Crippen LogP contribution in [0.1, 0.15) is 28.7 Å². The fraction of sp³-hybridized carbons (Fsp3) is 0.167. The molecule has 2 N–H and O–H groups in total. The number of nitrogens with one attached hydrogen (secondary N) is 2. The van der Waals surface area contributed by atoms with E-state index in [0.29, 0.717) is 5.13 Å². The molecular weight excluding hydrogens is 403 g/mol. The summed E-state index contributed by atoms with van der Waals surface area (Å²) < 4.78 is 40.6. The van der Waals surface area contributed by atoms with E-state index in [-0.39, 0.29) is 16.1 Å². The molecular formula is C18H17FN4O3S2. The fourth-order valence-corrected chi connectivity index (χ4v) is 4.23. The molecule has 0 radical (unpaired) electrons. The molecule has 146 valence electrons. The Hall–Kier alpha value is -2.85. The number of carbonyl (C=O) groups excluding carboxylic acids is 1. The molecule has 7 nitrogen and oxygen atoms in total. The van der Waals surface area contributed by atoms with Crippen molar-refractivity contribution in [1.82, 2.24) is 10.2 Å². The first-order valence-corrected chi connectivity index (χ1v) is 10.7. The van der Waals surface area contributed by atoms with Crippen molar-refractivity contribution in [1.29, 1.82) is 0 Å². The number of aryl methyl sites for hydroxylation is 1. The topological polar surface area (TPSA) is 101 Å². The minimum absolute atomic E-state index is 0.0894. The summed E-state index contributed by atoms with van der Waals surface area (Å²) in [6, 6.07) is 10.8. The maximum absolute atomic E-state index is 13.7. The van der Waals surface area contributed by atoms with Crippen LogP contribution >= 0.6 is 11.3 Å². The number of amides is 1. The summed E-state index contributed by atoms with van der Waals surface area (Å²) in [5.41, 5.74) is 0.112. The summed E-state index contributed by atoms with van der Waals surface area (Å²) in [5.74, 6) is -1.10. The molecule has 3 rings (SSSR count). The van der Waals surface area contributed by atoms with Crippen molar-refractivity contribution < 1.29 is 17.6 Å². The zero-order valence-electron chi connectivity index (χ0n) is 14.8. The third-order valence-electron chi connectivity index (χ3n) is 3.70. The first-order valence-electron chi connectivity index (χ1n) is 8.40. The zero-order valence-corrected chi connectivity index (χ0v) is 16.5. The number of sulfonamides is 1. The smallest absolute Gasteiger partial charge is 0.261 e. The second-order valence-electron chi connectivity index (χ2n) is 5.81. The van der Waals surface area contributed by atoms with E-state index in [1.165, 1.54) is 53.8 Å². The predicted octanol–water partition coefficient (Wildman–Crippen LogP) is 3.68. The van der Waals surface area contributed by atoms with Crippen LogP contribution in [0.4, 0.5) is 15.2 Å². The molecule has 0 aliphatic rings. The molecule has 2 aromatic carbocycles. The molecule has 28 heavy (non-hydrogen) atoms. The summed E-state index contributed by atoms with van der Waals surface area (Å²) in [6.45, 7) is 2.02. The predicted molar refractivity (Wildman–Crippen MR) is 106 cm³/mol. The lowest BCUT2D eigenvalue weighted by Gasteiger charge is -2.09. The Morgan fingerprint density at radius 3 is 2.50 bits per heavy atom. The molecule has 10 heteroatoms. The largest absolute Gasteiger partial charge is 0.296 e. The highest BCUT2D eigenvalue weighted by molar-refractivity contribution is 7.92. The van der Waals surface area contributed by atoms with Gasteiger partial charge in [0.2, 0.25) is 5.13 Å². The highest BCUT2D eigenvalue weighted by Gasteiger charge is 2.17. The van der Waals surface area contributed by atoms with Crippen LogP contribution in [0.2, 0.25) is 0 Å². The Kier molecular flexibility index (Phi) is 6.00. The summed E-state index contributed by atoms with van der Waals surface area (Å²) in [4.78, 5) is 12.2. The molecule has 0 spiro atoms. The lowest BCUT2D eigenvalue weighted by atomic mass is 10.2. The van der Waals surface area contributed by atoms with Crippen LogP contribution in [0.15, 0.2) is 53.4 Å². The van der Waals surface area contributed by atoms with Crippen molar-refractivity contribution in [2.45, 2.75) is 24.7 Å². The standard InChI is InChI=1S/C18H17FN4O3S2/c1-2-5-16-21-22-18(27-16)20-17(24)12-8-10-13(11-9-12)28(25,26)23-15-7-4-3-6-14(15)19/h3-4,6-11,23H,2,5H2,1H3,(H,20,22,24). The lowest BCUT2D eigenvalue weighted by molar-refractivity contribution is 0.102. The van der Waals surface area contributed by atoms with Gasteiger partial charge in [-0.1, -0.05) is 30.4 Å². The van der Waals surface area contributed by atoms with E-state index in [0.717, 1.165) is 23.9 Å². The van der Waals surface area contributed by atoms with E-state index in [1.54, 1.807) is 0 Å². The molecule has 0 unspecified atom stereocenters. The average molecular weight is 420 g/mol. The molecule has 0 bridgehead atoms. The van der Waals surface area contributed by atoms with Gasteiger partial charge in [-0.25, -0.2) is 12.8 Å². The van der Waals surface area contributed by atoms with Gasteiger partial charge in [-0.2, -0.15) is 0 Å². The van der Waals surface area contributed by atoms with Crippen molar-refractivity contribution in [2.24, 2.45) is 0 Å². The number of carbonyl (C=O) groups is 1. The Morgan fingerprint density at radius 2 is 1.82 bits per heavy atom. The molecule has 0 aliphatic carbocycles. The molecule has 0 saturated carbocycles. The summed E-state index contributed by atoms with van der Waals surface area (Å²) in [7, 11) is -3.98. The fourth-order valence-electron chi connectivity index (χ4n) is 2.32. The summed E-state index contributed by atoms with van der Waals surface area (Å²) in [5, 5.41) is 11.7. The minimum atomic E-state index is -3.98. The Morgan fingerprint density at radius 1 is 1.11 bits per heavy atom. The lowest BCUT2D eigenvalue weighted by Crippen LogP contribution is -2.15. The van der Waals surface area contributed by atoms with Crippen LogP contribution < -0.4 is 10.0 Å². The first kappa shape index (κ1) is 19.9. The van der Waals surface area contributed by atoms with E-state index in [4.69, 9.17) is 0 Å². The van der Waals surface area contributed by atoms with Crippen molar-refractivity contribution in [3.63, 3.8) is 0 Å². The molecule has 3 aromatic rings. The van der Waals surface area contributed by atoms with Gasteiger partial charge in [0.1, 0.15) is 10.8 Å². The van der Waals surface area contributed by atoms with Gasteiger partial charge >= 0.3 is 0 Å². The number of anilines is 2. The summed E-state index contributed by atoms with van der Waals surface area (Å²) in [6.07, 6.45) is 1.72. The van der Waals surface area contributed by atoms with Crippen LogP contribution in [0.5, 0.6) is 0 Å². The number of para-hydroxylation sites is 1. The van der Waals surface area contributed by atoms with Gasteiger partial charge in [-0.3, -0.25) is 14.8 Å².